The molecule has 0 atom stereocenters. The largest absolute Gasteiger partial charge is 0.369 e. The minimum absolute atomic E-state index is 0.358. The van der Waals surface area contributed by atoms with Crippen molar-refractivity contribution in [1.29, 1.82) is 0 Å². The van der Waals surface area contributed by atoms with Gasteiger partial charge in [-0.3, -0.25) is 0 Å². The number of hydrogen-bond acceptors (Lipinski definition) is 3. The first-order valence-corrected chi connectivity index (χ1v) is 8.69. The molecule has 0 radical (unpaired) electrons. The van der Waals surface area contributed by atoms with Crippen LogP contribution in [0.4, 0.5) is 5.69 Å². The lowest BCUT2D eigenvalue weighted by Gasteiger charge is -2.40. The molecule has 2 rings (SSSR count). The minimum Gasteiger partial charge on any atom is -0.369 e. The van der Waals surface area contributed by atoms with Gasteiger partial charge in [0.1, 0.15) is 0 Å². The standard InChI is InChI=1S/C17H28N2S/c1-5-8-18-12-15-11-14(2)6-7-16(15)19-9-10-20-17(3,4)13-19/h6-7,11,18H,5,8-10,12-13H2,1-4H3. The van der Waals surface area contributed by atoms with Gasteiger partial charge in [-0.25, -0.2) is 0 Å². The van der Waals surface area contributed by atoms with Gasteiger partial charge in [0.15, 0.2) is 0 Å². The highest BCUT2D eigenvalue weighted by Crippen LogP contribution is 2.33. The maximum Gasteiger partial charge on any atom is 0.0412 e. The Morgan fingerprint density at radius 1 is 1.35 bits per heavy atom. The lowest BCUT2D eigenvalue weighted by atomic mass is 10.1. The van der Waals surface area contributed by atoms with Crippen LogP contribution in [-0.2, 0) is 6.54 Å². The maximum atomic E-state index is 3.55. The molecule has 0 aliphatic carbocycles. The third-order valence-electron chi connectivity index (χ3n) is 3.74. The molecule has 0 unspecified atom stereocenters. The number of nitrogens with zero attached hydrogens (tertiary/aromatic N) is 1. The average Bonchev–Trinajstić information content (AvgIpc) is 2.38. The van der Waals surface area contributed by atoms with Gasteiger partial charge in [0.25, 0.3) is 0 Å². The summed E-state index contributed by atoms with van der Waals surface area (Å²) in [5.41, 5.74) is 4.22. The zero-order chi connectivity index (χ0) is 14.6. The van der Waals surface area contributed by atoms with Gasteiger partial charge in [-0.15, -0.1) is 0 Å². The second-order valence-corrected chi connectivity index (χ2v) is 8.14. The van der Waals surface area contributed by atoms with Gasteiger partial charge in [0.2, 0.25) is 0 Å². The summed E-state index contributed by atoms with van der Waals surface area (Å²) < 4.78 is 0.358. The molecule has 0 spiro atoms. The Bertz CT molecular complexity index is 443. The van der Waals surface area contributed by atoms with Gasteiger partial charge in [-0.2, -0.15) is 11.8 Å². The maximum absolute atomic E-state index is 3.55. The fraction of sp³-hybridized carbons (Fsp3) is 0.647. The summed E-state index contributed by atoms with van der Waals surface area (Å²) in [6.45, 7) is 13.5. The molecule has 1 fully saturated rings. The van der Waals surface area contributed by atoms with Crippen molar-refractivity contribution < 1.29 is 0 Å². The van der Waals surface area contributed by atoms with Crippen molar-refractivity contribution >= 4 is 17.4 Å². The fourth-order valence-corrected chi connectivity index (χ4v) is 3.90. The van der Waals surface area contributed by atoms with Crippen LogP contribution in [0.15, 0.2) is 18.2 Å². The first-order valence-electron chi connectivity index (χ1n) is 7.71. The van der Waals surface area contributed by atoms with Crippen LogP contribution in [0.25, 0.3) is 0 Å². The average molecular weight is 292 g/mol. The van der Waals surface area contributed by atoms with E-state index in [2.05, 4.69) is 67.9 Å². The van der Waals surface area contributed by atoms with Crippen LogP contribution in [-0.4, -0.2) is 30.1 Å². The molecule has 1 heterocycles. The molecule has 0 bridgehead atoms. The van der Waals surface area contributed by atoms with E-state index in [1.54, 1.807) is 0 Å². The molecule has 0 aromatic heterocycles. The summed E-state index contributed by atoms with van der Waals surface area (Å²) >= 11 is 2.09. The molecule has 112 valence electrons. The molecule has 1 aliphatic rings. The van der Waals surface area contributed by atoms with Crippen molar-refractivity contribution in [2.45, 2.75) is 45.4 Å². The van der Waals surface area contributed by atoms with Crippen molar-refractivity contribution in [3.05, 3.63) is 29.3 Å². The van der Waals surface area contributed by atoms with Crippen LogP contribution in [0.2, 0.25) is 0 Å². The number of thioether (sulfide) groups is 1. The van der Waals surface area contributed by atoms with Crippen molar-refractivity contribution in [1.82, 2.24) is 5.32 Å². The molecule has 1 aromatic carbocycles. The number of rotatable bonds is 5. The molecule has 0 saturated carbocycles. The van der Waals surface area contributed by atoms with Gasteiger partial charge in [-0.05, 0) is 45.4 Å². The van der Waals surface area contributed by atoms with Gasteiger partial charge in [-0.1, -0.05) is 24.6 Å². The van der Waals surface area contributed by atoms with Crippen LogP contribution >= 0.6 is 11.8 Å². The molecule has 0 amide bonds. The molecule has 1 aromatic rings. The zero-order valence-electron chi connectivity index (χ0n) is 13.3. The van der Waals surface area contributed by atoms with E-state index in [0.717, 1.165) is 26.2 Å². The van der Waals surface area contributed by atoms with E-state index >= 15 is 0 Å². The third kappa shape index (κ3) is 4.16. The monoisotopic (exact) mass is 292 g/mol. The SMILES string of the molecule is CCCNCc1cc(C)ccc1N1CCSC(C)(C)C1. The van der Waals surface area contributed by atoms with E-state index in [1.165, 1.54) is 29.0 Å². The van der Waals surface area contributed by atoms with Crippen molar-refractivity contribution in [3.8, 4) is 0 Å². The van der Waals surface area contributed by atoms with E-state index in [4.69, 9.17) is 0 Å². The van der Waals surface area contributed by atoms with Crippen LogP contribution in [0.5, 0.6) is 0 Å². The van der Waals surface area contributed by atoms with E-state index < -0.39 is 0 Å². The summed E-state index contributed by atoms with van der Waals surface area (Å²) in [6.07, 6.45) is 1.19. The number of hydrogen-bond donors (Lipinski definition) is 1. The van der Waals surface area contributed by atoms with Gasteiger partial charge in [0, 0.05) is 35.8 Å². The third-order valence-corrected chi connectivity index (χ3v) is 5.04. The molecular formula is C17H28N2S. The predicted octanol–water partition coefficient (Wildman–Crippen LogP) is 3.83. The molecule has 2 nitrogen and oxygen atoms in total. The highest BCUT2D eigenvalue weighted by Gasteiger charge is 2.27. The number of anilines is 1. The summed E-state index contributed by atoms with van der Waals surface area (Å²) in [6, 6.07) is 6.89. The highest BCUT2D eigenvalue weighted by atomic mass is 32.2. The lowest BCUT2D eigenvalue weighted by molar-refractivity contribution is 0.637. The number of nitrogens with one attached hydrogen (secondary N) is 1. The Hall–Kier alpha value is -0.670. The van der Waals surface area contributed by atoms with E-state index in [0.29, 0.717) is 4.75 Å². The molecule has 1 N–H and O–H groups in total. The first kappa shape index (κ1) is 15.7. The Balaban J connectivity index is 2.17. The second kappa shape index (κ2) is 6.86. The summed E-state index contributed by atoms with van der Waals surface area (Å²) in [7, 11) is 0. The van der Waals surface area contributed by atoms with Gasteiger partial charge < -0.3 is 10.2 Å². The van der Waals surface area contributed by atoms with Gasteiger partial charge in [0.05, 0.1) is 0 Å². The topological polar surface area (TPSA) is 15.3 Å². The molecule has 3 heteroatoms. The Morgan fingerprint density at radius 2 is 2.15 bits per heavy atom. The second-order valence-electron chi connectivity index (χ2n) is 6.34. The van der Waals surface area contributed by atoms with Crippen LogP contribution in [0, 0.1) is 6.92 Å². The summed E-state index contributed by atoms with van der Waals surface area (Å²) in [4.78, 5) is 2.57. The number of benzene rings is 1. The van der Waals surface area contributed by atoms with Crippen LogP contribution in [0.3, 0.4) is 0 Å². The molecular weight excluding hydrogens is 264 g/mol. The highest BCUT2D eigenvalue weighted by molar-refractivity contribution is 8.00. The molecule has 1 aliphatic heterocycles. The lowest BCUT2D eigenvalue weighted by Crippen LogP contribution is -2.43. The summed E-state index contributed by atoms with van der Waals surface area (Å²) in [5.74, 6) is 1.22. The Kier molecular flexibility index (Phi) is 5.39. The normalized spacial score (nSPS) is 18.3. The van der Waals surface area contributed by atoms with Crippen molar-refractivity contribution in [2.75, 3.05) is 30.3 Å². The number of aryl methyl sites for hydroxylation is 1. The Morgan fingerprint density at radius 3 is 2.85 bits per heavy atom. The predicted molar refractivity (Wildman–Crippen MR) is 91.9 cm³/mol. The van der Waals surface area contributed by atoms with E-state index in [1.807, 2.05) is 0 Å². The molecule has 20 heavy (non-hydrogen) atoms. The van der Waals surface area contributed by atoms with Crippen LogP contribution < -0.4 is 10.2 Å². The molecule has 1 saturated heterocycles. The van der Waals surface area contributed by atoms with E-state index in [-0.39, 0.29) is 0 Å². The smallest absolute Gasteiger partial charge is 0.0412 e. The minimum atomic E-state index is 0.358. The fourth-order valence-electron chi connectivity index (χ4n) is 2.79. The quantitative estimate of drug-likeness (QED) is 0.830. The van der Waals surface area contributed by atoms with Crippen molar-refractivity contribution in [2.24, 2.45) is 0 Å². The first-order chi connectivity index (χ1) is 9.52. The Labute approximate surface area is 128 Å². The van der Waals surface area contributed by atoms with Gasteiger partial charge >= 0.3 is 0 Å². The van der Waals surface area contributed by atoms with E-state index in [9.17, 15) is 0 Å². The summed E-state index contributed by atoms with van der Waals surface area (Å²) in [5, 5.41) is 3.55. The zero-order valence-corrected chi connectivity index (χ0v) is 14.1. The van der Waals surface area contributed by atoms with Crippen molar-refractivity contribution in [3.63, 3.8) is 0 Å². The van der Waals surface area contributed by atoms with Crippen LogP contribution in [0.1, 0.15) is 38.3 Å².